The van der Waals surface area contributed by atoms with Crippen LogP contribution < -0.4 is 15.0 Å². The Morgan fingerprint density at radius 1 is 1.20 bits per heavy atom. The van der Waals surface area contributed by atoms with Crippen LogP contribution in [-0.2, 0) is 0 Å². The van der Waals surface area contributed by atoms with Crippen molar-refractivity contribution in [1.82, 2.24) is 15.3 Å². The molecule has 1 amide bonds. The Balaban J connectivity index is 1.50. The summed E-state index contributed by atoms with van der Waals surface area (Å²) in [6, 6.07) is 7.86. The summed E-state index contributed by atoms with van der Waals surface area (Å²) in [7, 11) is 3.94. The number of benzene rings is 1. The van der Waals surface area contributed by atoms with Crippen LogP contribution in [0.5, 0.6) is 5.88 Å². The third-order valence-electron chi connectivity index (χ3n) is 4.46. The van der Waals surface area contributed by atoms with Crippen molar-refractivity contribution in [3.8, 4) is 5.88 Å². The summed E-state index contributed by atoms with van der Waals surface area (Å²) in [4.78, 5) is 22.6. The van der Waals surface area contributed by atoms with E-state index in [2.05, 4.69) is 15.3 Å². The second-order valence-electron chi connectivity index (χ2n) is 6.55. The SMILES string of the molecule is CN(C)c1cccc(C(=O)NC2CCC(Oc3cnccn3)CC2)c1. The van der Waals surface area contributed by atoms with Gasteiger partial charge in [-0.15, -0.1) is 0 Å². The number of aromatic nitrogens is 2. The molecule has 25 heavy (non-hydrogen) atoms. The predicted molar refractivity (Wildman–Crippen MR) is 96.9 cm³/mol. The summed E-state index contributed by atoms with van der Waals surface area (Å²) < 4.78 is 5.84. The summed E-state index contributed by atoms with van der Waals surface area (Å²) in [6.45, 7) is 0. The summed E-state index contributed by atoms with van der Waals surface area (Å²) in [5, 5.41) is 3.14. The van der Waals surface area contributed by atoms with Gasteiger partial charge in [0.05, 0.1) is 6.20 Å². The first-order valence-electron chi connectivity index (χ1n) is 8.63. The van der Waals surface area contributed by atoms with Crippen molar-refractivity contribution in [3.05, 3.63) is 48.4 Å². The van der Waals surface area contributed by atoms with Gasteiger partial charge in [-0.1, -0.05) is 6.07 Å². The first-order valence-corrected chi connectivity index (χ1v) is 8.63. The first-order chi connectivity index (χ1) is 12.1. The molecule has 1 aliphatic carbocycles. The standard InChI is InChI=1S/C19H24N4O2/c1-23(2)16-5-3-4-14(12-16)19(24)22-15-6-8-17(9-7-15)25-18-13-20-10-11-21-18/h3-5,10-13,15,17H,6-9H2,1-2H3,(H,22,24). The van der Waals surface area contributed by atoms with Crippen molar-refractivity contribution in [2.24, 2.45) is 0 Å². The van der Waals surface area contributed by atoms with Crippen molar-refractivity contribution < 1.29 is 9.53 Å². The van der Waals surface area contributed by atoms with Gasteiger partial charge in [-0.2, -0.15) is 0 Å². The lowest BCUT2D eigenvalue weighted by atomic mass is 9.92. The summed E-state index contributed by atoms with van der Waals surface area (Å²) in [6.07, 6.45) is 8.65. The average Bonchev–Trinajstić information content (AvgIpc) is 2.64. The maximum Gasteiger partial charge on any atom is 0.251 e. The summed E-state index contributed by atoms with van der Waals surface area (Å²) in [5.41, 5.74) is 1.72. The van der Waals surface area contributed by atoms with Crippen molar-refractivity contribution in [2.45, 2.75) is 37.8 Å². The highest BCUT2D eigenvalue weighted by atomic mass is 16.5. The van der Waals surface area contributed by atoms with Gasteiger partial charge in [-0.3, -0.25) is 9.78 Å². The molecule has 0 unspecified atom stereocenters. The van der Waals surface area contributed by atoms with Crippen LogP contribution in [0.25, 0.3) is 0 Å². The highest BCUT2D eigenvalue weighted by Gasteiger charge is 2.24. The molecule has 1 N–H and O–H groups in total. The molecule has 6 heteroatoms. The van der Waals surface area contributed by atoms with E-state index >= 15 is 0 Å². The number of anilines is 1. The van der Waals surface area contributed by atoms with Gasteiger partial charge in [-0.25, -0.2) is 4.98 Å². The molecule has 1 aliphatic rings. The Labute approximate surface area is 148 Å². The topological polar surface area (TPSA) is 67.4 Å². The molecule has 3 rings (SSSR count). The van der Waals surface area contributed by atoms with E-state index in [0.717, 1.165) is 31.4 Å². The minimum atomic E-state index is -0.0120. The highest BCUT2D eigenvalue weighted by Crippen LogP contribution is 2.23. The van der Waals surface area contributed by atoms with Crippen LogP contribution >= 0.6 is 0 Å². The Bertz CT molecular complexity index is 698. The van der Waals surface area contributed by atoms with E-state index < -0.39 is 0 Å². The van der Waals surface area contributed by atoms with E-state index in [4.69, 9.17) is 4.74 Å². The van der Waals surface area contributed by atoms with E-state index in [0.29, 0.717) is 11.4 Å². The molecule has 0 saturated heterocycles. The van der Waals surface area contributed by atoms with Gasteiger partial charge in [-0.05, 0) is 43.9 Å². The zero-order valence-corrected chi connectivity index (χ0v) is 14.7. The second kappa shape index (κ2) is 7.96. The first kappa shape index (κ1) is 17.2. The second-order valence-corrected chi connectivity index (χ2v) is 6.55. The number of nitrogens with one attached hydrogen (secondary N) is 1. The average molecular weight is 340 g/mol. The Morgan fingerprint density at radius 2 is 2.00 bits per heavy atom. The van der Waals surface area contributed by atoms with Crippen molar-refractivity contribution >= 4 is 11.6 Å². The van der Waals surface area contributed by atoms with Gasteiger partial charge in [0, 0.05) is 43.8 Å². The molecule has 132 valence electrons. The molecule has 0 radical (unpaired) electrons. The third kappa shape index (κ3) is 4.68. The molecule has 0 spiro atoms. The smallest absolute Gasteiger partial charge is 0.251 e. The fraction of sp³-hybridized carbons (Fsp3) is 0.421. The largest absolute Gasteiger partial charge is 0.473 e. The van der Waals surface area contributed by atoms with Gasteiger partial charge >= 0.3 is 0 Å². The highest BCUT2D eigenvalue weighted by molar-refractivity contribution is 5.95. The van der Waals surface area contributed by atoms with E-state index in [1.807, 2.05) is 43.3 Å². The Morgan fingerprint density at radius 3 is 2.68 bits per heavy atom. The Kier molecular flexibility index (Phi) is 5.48. The zero-order chi connectivity index (χ0) is 17.6. The molecule has 1 fully saturated rings. The molecule has 1 saturated carbocycles. The number of carbonyl (C=O) groups excluding carboxylic acids is 1. The van der Waals surface area contributed by atoms with Crippen LogP contribution in [0.1, 0.15) is 36.0 Å². The number of carbonyl (C=O) groups is 1. The molecule has 0 bridgehead atoms. The molecule has 1 aromatic carbocycles. The lowest BCUT2D eigenvalue weighted by Crippen LogP contribution is -2.39. The molecule has 1 aromatic heterocycles. The lowest BCUT2D eigenvalue weighted by molar-refractivity contribution is 0.0890. The predicted octanol–water partition coefficient (Wildman–Crippen LogP) is 2.66. The normalized spacial score (nSPS) is 19.9. The maximum absolute atomic E-state index is 12.5. The molecule has 0 aliphatic heterocycles. The minimum Gasteiger partial charge on any atom is -0.473 e. The van der Waals surface area contributed by atoms with E-state index in [9.17, 15) is 4.79 Å². The molecule has 2 aromatic rings. The van der Waals surface area contributed by atoms with Gasteiger partial charge in [0.1, 0.15) is 6.10 Å². The number of ether oxygens (including phenoxy) is 1. The number of hydrogen-bond acceptors (Lipinski definition) is 5. The fourth-order valence-corrected chi connectivity index (χ4v) is 3.04. The molecular formula is C19H24N4O2. The maximum atomic E-state index is 12.5. The van der Waals surface area contributed by atoms with Gasteiger partial charge in [0.25, 0.3) is 5.91 Å². The van der Waals surface area contributed by atoms with Crippen LogP contribution in [0.4, 0.5) is 5.69 Å². The fourth-order valence-electron chi connectivity index (χ4n) is 3.04. The summed E-state index contributed by atoms with van der Waals surface area (Å²) in [5.74, 6) is 0.553. The van der Waals surface area contributed by atoms with Crippen LogP contribution in [0.15, 0.2) is 42.9 Å². The lowest BCUT2D eigenvalue weighted by Gasteiger charge is -2.29. The molecule has 1 heterocycles. The van der Waals surface area contributed by atoms with E-state index in [1.54, 1.807) is 18.6 Å². The van der Waals surface area contributed by atoms with Crippen LogP contribution in [0.3, 0.4) is 0 Å². The van der Waals surface area contributed by atoms with Gasteiger partial charge in [0.15, 0.2) is 0 Å². The van der Waals surface area contributed by atoms with Crippen molar-refractivity contribution in [2.75, 3.05) is 19.0 Å². The number of rotatable bonds is 5. The van der Waals surface area contributed by atoms with E-state index in [1.165, 1.54) is 0 Å². The molecule has 0 atom stereocenters. The van der Waals surface area contributed by atoms with Gasteiger partial charge < -0.3 is 15.0 Å². The van der Waals surface area contributed by atoms with Gasteiger partial charge in [0.2, 0.25) is 5.88 Å². The van der Waals surface area contributed by atoms with Crippen LogP contribution in [-0.4, -0.2) is 42.1 Å². The van der Waals surface area contributed by atoms with Crippen molar-refractivity contribution in [1.29, 1.82) is 0 Å². The van der Waals surface area contributed by atoms with Crippen molar-refractivity contribution in [3.63, 3.8) is 0 Å². The third-order valence-corrected chi connectivity index (χ3v) is 4.46. The van der Waals surface area contributed by atoms with Crippen LogP contribution in [0.2, 0.25) is 0 Å². The molecule has 6 nitrogen and oxygen atoms in total. The Hall–Kier alpha value is -2.63. The summed E-state index contributed by atoms with van der Waals surface area (Å²) >= 11 is 0. The molecular weight excluding hydrogens is 316 g/mol. The monoisotopic (exact) mass is 340 g/mol. The van der Waals surface area contributed by atoms with Crippen LogP contribution in [0, 0.1) is 0 Å². The minimum absolute atomic E-state index is 0.0120. The number of amides is 1. The number of nitrogens with zero attached hydrogens (tertiary/aromatic N) is 3. The number of hydrogen-bond donors (Lipinski definition) is 1. The van der Waals surface area contributed by atoms with E-state index in [-0.39, 0.29) is 18.1 Å². The zero-order valence-electron chi connectivity index (χ0n) is 14.7. The quantitative estimate of drug-likeness (QED) is 0.906.